The number of amides is 3. The summed E-state index contributed by atoms with van der Waals surface area (Å²) in [4.78, 5) is 27.0. The maximum absolute atomic E-state index is 12.8. The normalized spacial score (nSPS) is 16.4. The number of carbonyl (C=O) groups excluding carboxylic acids is 2. The number of aryl methyl sites for hydroxylation is 2. The molecule has 136 valence electrons. The Morgan fingerprint density at radius 2 is 1.73 bits per heavy atom. The molecule has 5 nitrogen and oxygen atoms in total. The van der Waals surface area contributed by atoms with E-state index >= 15 is 0 Å². The molecule has 0 saturated carbocycles. The predicted octanol–water partition coefficient (Wildman–Crippen LogP) is 3.62. The number of urea groups is 1. The third-order valence-corrected chi connectivity index (χ3v) is 4.83. The van der Waals surface area contributed by atoms with Crippen LogP contribution in [0.4, 0.5) is 10.5 Å². The van der Waals surface area contributed by atoms with Gasteiger partial charge >= 0.3 is 6.03 Å². The van der Waals surface area contributed by atoms with Gasteiger partial charge in [-0.2, -0.15) is 0 Å². The molecule has 0 radical (unpaired) electrons. The van der Waals surface area contributed by atoms with Crippen LogP contribution >= 0.6 is 0 Å². The van der Waals surface area contributed by atoms with Crippen molar-refractivity contribution in [2.45, 2.75) is 39.3 Å². The molecule has 2 aromatic rings. The van der Waals surface area contributed by atoms with Crippen molar-refractivity contribution >= 4 is 17.6 Å². The van der Waals surface area contributed by atoms with Crippen molar-refractivity contribution < 1.29 is 9.59 Å². The fraction of sp³-hybridized carbons (Fsp3) is 0.333. The van der Waals surface area contributed by atoms with Crippen LogP contribution < -0.4 is 10.6 Å². The van der Waals surface area contributed by atoms with Crippen molar-refractivity contribution in [2.24, 2.45) is 0 Å². The van der Waals surface area contributed by atoms with Gasteiger partial charge in [-0.15, -0.1) is 0 Å². The van der Waals surface area contributed by atoms with E-state index in [0.717, 1.165) is 28.8 Å². The lowest BCUT2D eigenvalue weighted by Gasteiger charge is -2.25. The van der Waals surface area contributed by atoms with Gasteiger partial charge in [0.25, 0.3) is 0 Å². The number of likely N-dealkylation sites (tertiary alicyclic amines) is 1. The lowest BCUT2D eigenvalue weighted by atomic mass is 10.1. The molecule has 1 aliphatic heterocycles. The fourth-order valence-electron chi connectivity index (χ4n) is 3.38. The van der Waals surface area contributed by atoms with Gasteiger partial charge in [0.2, 0.25) is 5.91 Å². The van der Waals surface area contributed by atoms with E-state index < -0.39 is 6.04 Å². The molecule has 1 saturated heterocycles. The molecule has 1 fully saturated rings. The minimum absolute atomic E-state index is 0.116. The van der Waals surface area contributed by atoms with Crippen LogP contribution in [0.25, 0.3) is 0 Å². The second-order valence-electron chi connectivity index (χ2n) is 6.75. The Kier molecular flexibility index (Phi) is 5.56. The van der Waals surface area contributed by atoms with E-state index in [-0.39, 0.29) is 11.9 Å². The van der Waals surface area contributed by atoms with Crippen LogP contribution in [0, 0.1) is 13.8 Å². The van der Waals surface area contributed by atoms with Gasteiger partial charge in [0.1, 0.15) is 6.04 Å². The highest BCUT2D eigenvalue weighted by atomic mass is 16.2. The van der Waals surface area contributed by atoms with Crippen molar-refractivity contribution in [3.63, 3.8) is 0 Å². The second-order valence-corrected chi connectivity index (χ2v) is 6.75. The zero-order chi connectivity index (χ0) is 18.5. The van der Waals surface area contributed by atoms with E-state index in [2.05, 4.69) is 10.6 Å². The third-order valence-electron chi connectivity index (χ3n) is 4.83. The second kappa shape index (κ2) is 8.04. The summed E-state index contributed by atoms with van der Waals surface area (Å²) >= 11 is 0. The molecule has 2 N–H and O–H groups in total. The molecule has 5 heteroatoms. The van der Waals surface area contributed by atoms with Gasteiger partial charge in [0.05, 0.1) is 0 Å². The first-order chi connectivity index (χ1) is 12.6. The molecule has 1 aliphatic rings. The summed E-state index contributed by atoms with van der Waals surface area (Å²) in [6.45, 7) is 5.01. The monoisotopic (exact) mass is 351 g/mol. The van der Waals surface area contributed by atoms with E-state index in [1.807, 2.05) is 62.4 Å². The Labute approximate surface area is 154 Å². The van der Waals surface area contributed by atoms with Crippen LogP contribution in [0.5, 0.6) is 0 Å². The predicted molar refractivity (Wildman–Crippen MR) is 103 cm³/mol. The van der Waals surface area contributed by atoms with Crippen LogP contribution in [0.3, 0.4) is 0 Å². The minimum Gasteiger partial charge on any atom is -0.334 e. The lowest BCUT2D eigenvalue weighted by Crippen LogP contribution is -2.47. The van der Waals surface area contributed by atoms with Crippen molar-refractivity contribution in [3.8, 4) is 0 Å². The summed E-state index contributed by atoms with van der Waals surface area (Å²) in [5, 5.41) is 5.94. The molecule has 3 rings (SSSR count). The molecule has 26 heavy (non-hydrogen) atoms. The molecule has 3 amide bonds. The Balaban J connectivity index is 1.63. The van der Waals surface area contributed by atoms with Crippen LogP contribution in [0.15, 0.2) is 48.5 Å². The number of hydrogen-bond acceptors (Lipinski definition) is 2. The molecule has 1 heterocycles. The average molecular weight is 351 g/mol. The molecule has 0 bridgehead atoms. The van der Waals surface area contributed by atoms with Crippen molar-refractivity contribution in [3.05, 3.63) is 65.2 Å². The Morgan fingerprint density at radius 1 is 1.04 bits per heavy atom. The summed E-state index contributed by atoms with van der Waals surface area (Å²) in [7, 11) is 0. The summed E-state index contributed by atoms with van der Waals surface area (Å²) < 4.78 is 0. The van der Waals surface area contributed by atoms with Crippen LogP contribution in [0.1, 0.15) is 29.5 Å². The molecule has 0 unspecified atom stereocenters. The SMILES string of the molecule is Cc1cccc(C)c1NC(=O)[C@H]1CCCN1C(=O)NCc1ccccc1. The largest absolute Gasteiger partial charge is 0.334 e. The quantitative estimate of drug-likeness (QED) is 0.884. The first-order valence-electron chi connectivity index (χ1n) is 9.02. The molecular formula is C21H25N3O2. The highest BCUT2D eigenvalue weighted by molar-refractivity contribution is 5.98. The Morgan fingerprint density at radius 3 is 2.42 bits per heavy atom. The maximum Gasteiger partial charge on any atom is 0.318 e. The van der Waals surface area contributed by atoms with Gasteiger partial charge in [-0.25, -0.2) is 4.79 Å². The number of carbonyl (C=O) groups is 2. The number of hydrogen-bond donors (Lipinski definition) is 2. The first kappa shape index (κ1) is 18.0. The van der Waals surface area contributed by atoms with E-state index in [0.29, 0.717) is 19.5 Å². The van der Waals surface area contributed by atoms with Crippen molar-refractivity contribution in [1.82, 2.24) is 10.2 Å². The Bertz CT molecular complexity index is 769. The number of para-hydroxylation sites is 1. The topological polar surface area (TPSA) is 61.4 Å². The van der Waals surface area contributed by atoms with Crippen molar-refractivity contribution in [1.29, 1.82) is 0 Å². The lowest BCUT2D eigenvalue weighted by molar-refractivity contribution is -0.119. The standard InChI is InChI=1S/C21H25N3O2/c1-15-8-6-9-16(2)19(15)23-20(25)18-12-7-13-24(18)21(26)22-14-17-10-4-3-5-11-17/h3-6,8-11,18H,7,12-14H2,1-2H3,(H,22,26)(H,23,25)/t18-/m1/s1. The highest BCUT2D eigenvalue weighted by Gasteiger charge is 2.34. The van der Waals surface area contributed by atoms with Gasteiger partial charge in [0, 0.05) is 18.8 Å². The van der Waals surface area contributed by atoms with Gasteiger partial charge in [-0.3, -0.25) is 4.79 Å². The molecule has 2 aromatic carbocycles. The van der Waals surface area contributed by atoms with E-state index in [1.54, 1.807) is 4.90 Å². The van der Waals surface area contributed by atoms with E-state index in [9.17, 15) is 9.59 Å². The molecule has 1 atom stereocenters. The molecule has 0 spiro atoms. The number of nitrogens with zero attached hydrogens (tertiary/aromatic N) is 1. The number of anilines is 1. The number of nitrogens with one attached hydrogen (secondary N) is 2. The van der Waals surface area contributed by atoms with Gasteiger partial charge in [0.15, 0.2) is 0 Å². The Hall–Kier alpha value is -2.82. The van der Waals surface area contributed by atoms with E-state index in [1.165, 1.54) is 0 Å². The number of rotatable bonds is 4. The molecule has 0 aliphatic carbocycles. The number of benzene rings is 2. The molecule has 0 aromatic heterocycles. The zero-order valence-electron chi connectivity index (χ0n) is 15.3. The summed E-state index contributed by atoms with van der Waals surface area (Å²) in [5.74, 6) is -0.116. The zero-order valence-corrected chi connectivity index (χ0v) is 15.3. The van der Waals surface area contributed by atoms with Gasteiger partial charge in [-0.1, -0.05) is 48.5 Å². The van der Waals surface area contributed by atoms with E-state index in [4.69, 9.17) is 0 Å². The van der Waals surface area contributed by atoms with Crippen LogP contribution in [-0.2, 0) is 11.3 Å². The van der Waals surface area contributed by atoms with Crippen LogP contribution in [0.2, 0.25) is 0 Å². The molecular weight excluding hydrogens is 326 g/mol. The third kappa shape index (κ3) is 4.04. The minimum atomic E-state index is -0.426. The maximum atomic E-state index is 12.8. The van der Waals surface area contributed by atoms with Gasteiger partial charge in [-0.05, 0) is 43.4 Å². The summed E-state index contributed by atoms with van der Waals surface area (Å²) in [6.07, 6.45) is 1.53. The average Bonchev–Trinajstić information content (AvgIpc) is 3.13. The van der Waals surface area contributed by atoms with Gasteiger partial charge < -0.3 is 15.5 Å². The van der Waals surface area contributed by atoms with Crippen molar-refractivity contribution in [2.75, 3.05) is 11.9 Å². The summed E-state index contributed by atoms with van der Waals surface area (Å²) in [5.41, 5.74) is 3.93. The first-order valence-corrected chi connectivity index (χ1v) is 9.02. The summed E-state index contributed by atoms with van der Waals surface area (Å²) in [6, 6.07) is 15.1. The van der Waals surface area contributed by atoms with Crippen LogP contribution in [-0.4, -0.2) is 29.4 Å². The highest BCUT2D eigenvalue weighted by Crippen LogP contribution is 2.23. The fourth-order valence-corrected chi connectivity index (χ4v) is 3.38. The smallest absolute Gasteiger partial charge is 0.318 e.